The van der Waals surface area contributed by atoms with Gasteiger partial charge in [-0.2, -0.15) is 0 Å². The Kier molecular flexibility index (Phi) is 8.75. The number of ether oxygens (including phenoxy) is 2. The van der Waals surface area contributed by atoms with Gasteiger partial charge < -0.3 is 20.5 Å². The number of carbonyl (C=O) groups excluding carboxylic acids is 2. The van der Waals surface area contributed by atoms with Gasteiger partial charge >= 0.3 is 0 Å². The molecular weight excluding hydrogens is 418 g/mol. The van der Waals surface area contributed by atoms with Crippen LogP contribution in [0.1, 0.15) is 15.9 Å². The van der Waals surface area contributed by atoms with E-state index in [9.17, 15) is 14.5 Å². The van der Waals surface area contributed by atoms with E-state index in [0.29, 0.717) is 40.5 Å². The van der Waals surface area contributed by atoms with Gasteiger partial charge in [-0.05, 0) is 42.3 Å². The first-order valence-corrected chi connectivity index (χ1v) is 9.77. The summed E-state index contributed by atoms with van der Waals surface area (Å²) in [6, 6.07) is 11.8. The Morgan fingerprint density at radius 3 is 2.59 bits per heavy atom. The molecular formula is C19H20ClN3O5S. The number of hydrogen-bond acceptors (Lipinski definition) is 7. The minimum absolute atomic E-state index is 0.253. The minimum atomic E-state index is -0.710. The molecule has 0 heterocycles. The topological polar surface area (TPSA) is 120 Å². The molecule has 1 unspecified atom stereocenters. The number of primary amides is 1. The van der Waals surface area contributed by atoms with Gasteiger partial charge in [-0.1, -0.05) is 23.7 Å². The molecule has 0 aromatic heterocycles. The first kappa shape index (κ1) is 22.5. The first-order valence-electron chi connectivity index (χ1n) is 8.56. The highest BCUT2D eigenvalue weighted by atomic mass is 35.5. The average Bonchev–Trinajstić information content (AvgIpc) is 2.71. The molecule has 2 rings (SSSR count). The fourth-order valence-electron chi connectivity index (χ4n) is 2.46. The molecule has 0 fully saturated rings. The zero-order chi connectivity index (χ0) is 21.2. The van der Waals surface area contributed by atoms with E-state index in [4.69, 9.17) is 26.8 Å². The fraction of sp³-hybridized carbons (Fsp3) is 0.263. The maximum absolute atomic E-state index is 12.3. The van der Waals surface area contributed by atoms with Gasteiger partial charge in [0.25, 0.3) is 5.91 Å². The highest BCUT2D eigenvalue weighted by molar-refractivity contribution is 7.99. The second kappa shape index (κ2) is 11.3. The predicted molar refractivity (Wildman–Crippen MR) is 112 cm³/mol. The number of rotatable bonds is 11. The lowest BCUT2D eigenvalue weighted by molar-refractivity contribution is -0.117. The quantitative estimate of drug-likeness (QED) is 0.317. The van der Waals surface area contributed by atoms with Crippen molar-refractivity contribution in [2.45, 2.75) is 11.7 Å². The molecule has 154 valence electrons. The zero-order valence-electron chi connectivity index (χ0n) is 15.6. The molecule has 0 bridgehead atoms. The summed E-state index contributed by atoms with van der Waals surface area (Å²) in [5.41, 5.74) is 6.40. The van der Waals surface area contributed by atoms with Crippen molar-refractivity contribution in [1.29, 1.82) is 0 Å². The SMILES string of the molecule is COc1ccc(Cl)cc1C(=O)NCCOc1ccc(CC(SN=O)C(N)=O)cc1. The molecule has 0 saturated carbocycles. The van der Waals surface area contributed by atoms with Crippen LogP contribution in [0.25, 0.3) is 0 Å². The molecule has 0 aliphatic carbocycles. The molecule has 0 spiro atoms. The molecule has 0 saturated heterocycles. The van der Waals surface area contributed by atoms with Crippen molar-refractivity contribution in [3.8, 4) is 11.5 Å². The van der Waals surface area contributed by atoms with Crippen LogP contribution in [0, 0.1) is 4.91 Å². The van der Waals surface area contributed by atoms with Crippen molar-refractivity contribution in [2.24, 2.45) is 10.3 Å². The van der Waals surface area contributed by atoms with Crippen LogP contribution >= 0.6 is 23.5 Å². The van der Waals surface area contributed by atoms with E-state index in [1.54, 1.807) is 36.4 Å². The molecule has 8 nitrogen and oxygen atoms in total. The third kappa shape index (κ3) is 6.95. The van der Waals surface area contributed by atoms with E-state index in [1.807, 2.05) is 0 Å². The van der Waals surface area contributed by atoms with Crippen LogP contribution in [0.4, 0.5) is 0 Å². The smallest absolute Gasteiger partial charge is 0.255 e. The molecule has 2 aromatic rings. The molecule has 3 N–H and O–H groups in total. The van der Waals surface area contributed by atoms with Gasteiger partial charge in [-0.15, -0.1) is 4.91 Å². The van der Waals surface area contributed by atoms with Gasteiger partial charge in [0.1, 0.15) is 23.4 Å². The van der Waals surface area contributed by atoms with Crippen LogP contribution in [0.2, 0.25) is 5.02 Å². The number of amides is 2. The van der Waals surface area contributed by atoms with Crippen LogP contribution < -0.4 is 20.5 Å². The van der Waals surface area contributed by atoms with Crippen molar-refractivity contribution in [3.63, 3.8) is 0 Å². The maximum atomic E-state index is 12.3. The highest BCUT2D eigenvalue weighted by Crippen LogP contribution is 2.22. The van der Waals surface area contributed by atoms with E-state index >= 15 is 0 Å². The van der Waals surface area contributed by atoms with Crippen molar-refractivity contribution in [3.05, 3.63) is 63.5 Å². The summed E-state index contributed by atoms with van der Waals surface area (Å²) < 4.78 is 13.4. The number of halogens is 1. The third-order valence-electron chi connectivity index (χ3n) is 3.89. The fourth-order valence-corrected chi connectivity index (χ4v) is 3.11. The number of nitrogens with one attached hydrogen (secondary N) is 1. The number of hydrogen-bond donors (Lipinski definition) is 2. The van der Waals surface area contributed by atoms with Crippen LogP contribution in [0.3, 0.4) is 0 Å². The number of nitroso groups, excluding NO2 is 1. The first-order chi connectivity index (χ1) is 13.9. The summed E-state index contributed by atoms with van der Waals surface area (Å²) in [6.45, 7) is 0.532. The third-order valence-corrected chi connectivity index (χ3v) is 4.87. The second-order valence-electron chi connectivity index (χ2n) is 5.87. The summed E-state index contributed by atoms with van der Waals surface area (Å²) in [6.07, 6.45) is 0.295. The lowest BCUT2D eigenvalue weighted by Gasteiger charge is -2.11. The monoisotopic (exact) mass is 437 g/mol. The van der Waals surface area contributed by atoms with Gasteiger partial charge in [-0.3, -0.25) is 9.59 Å². The summed E-state index contributed by atoms with van der Waals surface area (Å²) >= 11 is 6.54. The number of methoxy groups -OCH3 is 1. The number of nitrogens with two attached hydrogens (primary N) is 1. The van der Waals surface area contributed by atoms with E-state index in [-0.39, 0.29) is 19.1 Å². The van der Waals surface area contributed by atoms with E-state index < -0.39 is 11.2 Å². The molecule has 0 aliphatic rings. The van der Waals surface area contributed by atoms with Gasteiger partial charge in [0.2, 0.25) is 5.91 Å². The van der Waals surface area contributed by atoms with Crippen LogP contribution in [0.5, 0.6) is 11.5 Å². The van der Waals surface area contributed by atoms with Gasteiger partial charge in [0.15, 0.2) is 0 Å². The lowest BCUT2D eigenvalue weighted by atomic mass is 10.1. The summed E-state index contributed by atoms with van der Waals surface area (Å²) in [5.74, 6) is 0.116. The number of nitrogens with zero attached hydrogens (tertiary/aromatic N) is 1. The molecule has 10 heteroatoms. The van der Waals surface area contributed by atoms with Gasteiger partial charge in [0.05, 0.1) is 19.2 Å². The Morgan fingerprint density at radius 1 is 1.24 bits per heavy atom. The summed E-state index contributed by atoms with van der Waals surface area (Å²) in [7, 11) is 1.48. The van der Waals surface area contributed by atoms with Crippen LogP contribution in [-0.2, 0) is 11.2 Å². The van der Waals surface area contributed by atoms with Crippen molar-refractivity contribution >= 4 is 35.4 Å². The summed E-state index contributed by atoms with van der Waals surface area (Å²) in [4.78, 5) is 33.9. The van der Waals surface area contributed by atoms with Crippen LogP contribution in [0.15, 0.2) is 47.0 Å². The average molecular weight is 438 g/mol. The maximum Gasteiger partial charge on any atom is 0.255 e. The molecule has 2 amide bonds. The van der Waals surface area contributed by atoms with Gasteiger partial charge in [0, 0.05) is 21.6 Å². The van der Waals surface area contributed by atoms with E-state index in [0.717, 1.165) is 5.56 Å². The lowest BCUT2D eigenvalue weighted by Crippen LogP contribution is -2.28. The largest absolute Gasteiger partial charge is 0.496 e. The molecule has 2 aromatic carbocycles. The molecule has 29 heavy (non-hydrogen) atoms. The Bertz CT molecular complexity index is 863. The van der Waals surface area contributed by atoms with Crippen molar-refractivity contribution in [1.82, 2.24) is 5.32 Å². The second-order valence-corrected chi connectivity index (χ2v) is 7.23. The highest BCUT2D eigenvalue weighted by Gasteiger charge is 2.17. The normalized spacial score (nSPS) is 11.4. The Morgan fingerprint density at radius 2 is 1.97 bits per heavy atom. The number of benzene rings is 2. The van der Waals surface area contributed by atoms with Gasteiger partial charge in [-0.25, -0.2) is 0 Å². The standard InChI is InChI=1S/C19H20ClN3O5S/c1-27-16-7-4-13(20)11-15(16)19(25)22-8-9-28-14-5-2-12(3-6-14)10-17(18(21)24)29-23-26/h2-7,11,17H,8-10H2,1H3,(H2,21,24)(H,22,25). The molecule has 1 atom stereocenters. The zero-order valence-corrected chi connectivity index (χ0v) is 17.2. The van der Waals surface area contributed by atoms with Crippen molar-refractivity contribution < 1.29 is 19.1 Å². The Balaban J connectivity index is 1.82. The summed E-state index contributed by atoms with van der Waals surface area (Å²) in [5, 5.41) is 2.47. The van der Waals surface area contributed by atoms with E-state index in [1.165, 1.54) is 13.2 Å². The Hall–Kier alpha value is -2.78. The number of carbonyl (C=O) groups is 2. The molecule has 0 aliphatic heterocycles. The van der Waals surface area contributed by atoms with E-state index in [2.05, 4.69) is 9.90 Å². The minimum Gasteiger partial charge on any atom is -0.496 e. The van der Waals surface area contributed by atoms with Crippen molar-refractivity contribution in [2.75, 3.05) is 20.3 Å². The Labute approximate surface area is 177 Å². The van der Waals surface area contributed by atoms with Crippen LogP contribution in [-0.4, -0.2) is 37.3 Å². The predicted octanol–water partition coefficient (Wildman–Crippen LogP) is 2.97. The molecule has 0 radical (unpaired) electrons.